The number of oxime groups is 2. The molecule has 0 heterocycles. The molecule has 1 atom stereocenters. The Hall–Kier alpha value is -5.25. The highest BCUT2D eigenvalue weighted by Crippen LogP contribution is 2.36. The van der Waals surface area contributed by atoms with Gasteiger partial charge in [-0.25, -0.2) is 9.59 Å². The third-order valence-corrected chi connectivity index (χ3v) is 7.78. The lowest BCUT2D eigenvalue weighted by atomic mass is 9.95. The van der Waals surface area contributed by atoms with Gasteiger partial charge in [-0.1, -0.05) is 52.3 Å². The highest BCUT2D eigenvalue weighted by Gasteiger charge is 2.22. The zero-order valence-corrected chi connectivity index (χ0v) is 27.5. The first kappa shape index (κ1) is 34.6. The zero-order chi connectivity index (χ0) is 33.8. The van der Waals surface area contributed by atoms with E-state index in [0.29, 0.717) is 16.8 Å². The Bertz CT molecular complexity index is 1640. The molecular weight excluding hydrogens is 598 g/mol. The van der Waals surface area contributed by atoms with Gasteiger partial charge in [-0.15, -0.1) is 0 Å². The lowest BCUT2D eigenvalue weighted by Gasteiger charge is -2.28. The van der Waals surface area contributed by atoms with Crippen LogP contribution in [-0.4, -0.2) is 42.7 Å². The Morgan fingerprint density at radius 1 is 0.766 bits per heavy atom. The molecule has 0 saturated heterocycles. The third-order valence-electron chi connectivity index (χ3n) is 7.78. The number of ether oxygens (including phenoxy) is 2. The second-order valence-corrected chi connectivity index (χ2v) is 11.1. The average Bonchev–Trinajstić information content (AvgIpc) is 3.33. The number of carbonyl (C=O) groups excluding carboxylic acids is 3. The summed E-state index contributed by atoms with van der Waals surface area (Å²) in [5, 5.41) is 7.94. The van der Waals surface area contributed by atoms with Crippen molar-refractivity contribution in [2.45, 2.75) is 60.3 Å². The fourth-order valence-corrected chi connectivity index (χ4v) is 5.32. The van der Waals surface area contributed by atoms with Gasteiger partial charge < -0.3 is 14.4 Å². The van der Waals surface area contributed by atoms with Crippen LogP contribution in [0.3, 0.4) is 0 Å². The standard InChI is InChI=1S/C37H41N3O7/c1-6-44-36(42)46-38-26(4)28-11-9-13-32(19-14-28)40(33-20-15-29(16-21-33)27(5)39-47-37(43)45-7-2)34-22-17-30(18-23-34)35(41)31-12-8-10-25(3)24-31/h8,10,12-13,15-18,20-24,28H,6-7,9,11,14,19H2,1-5H3. The smallest absolute Gasteiger partial charge is 0.433 e. The van der Waals surface area contributed by atoms with Crippen molar-refractivity contribution < 1.29 is 33.5 Å². The van der Waals surface area contributed by atoms with Crippen molar-refractivity contribution in [2.75, 3.05) is 18.1 Å². The van der Waals surface area contributed by atoms with Crippen LogP contribution in [0.2, 0.25) is 0 Å². The van der Waals surface area contributed by atoms with Gasteiger partial charge in [0.2, 0.25) is 0 Å². The van der Waals surface area contributed by atoms with Crippen LogP contribution in [0, 0.1) is 12.8 Å². The number of allylic oxidation sites excluding steroid dienone is 2. The van der Waals surface area contributed by atoms with E-state index in [2.05, 4.69) is 21.3 Å². The maximum atomic E-state index is 13.2. The number of rotatable bonds is 11. The molecule has 0 amide bonds. The molecule has 4 rings (SSSR count). The molecule has 0 bridgehead atoms. The largest absolute Gasteiger partial charge is 0.535 e. The van der Waals surface area contributed by atoms with Crippen molar-refractivity contribution in [1.82, 2.24) is 0 Å². The van der Waals surface area contributed by atoms with E-state index in [4.69, 9.17) is 19.1 Å². The summed E-state index contributed by atoms with van der Waals surface area (Å²) < 4.78 is 9.60. The summed E-state index contributed by atoms with van der Waals surface area (Å²) in [4.78, 5) is 48.4. The minimum absolute atomic E-state index is 0.0349. The number of aryl methyl sites for hydroxylation is 1. The van der Waals surface area contributed by atoms with Gasteiger partial charge in [-0.3, -0.25) is 14.5 Å². The first-order valence-corrected chi connectivity index (χ1v) is 15.8. The van der Waals surface area contributed by atoms with Crippen molar-refractivity contribution in [3.8, 4) is 0 Å². The highest BCUT2D eigenvalue weighted by atomic mass is 16.8. The van der Waals surface area contributed by atoms with Crippen molar-refractivity contribution in [3.63, 3.8) is 0 Å². The summed E-state index contributed by atoms with van der Waals surface area (Å²) in [5.41, 5.74) is 7.22. The Balaban J connectivity index is 1.61. The minimum Gasteiger partial charge on any atom is -0.433 e. The van der Waals surface area contributed by atoms with E-state index >= 15 is 0 Å². The second kappa shape index (κ2) is 16.9. The molecule has 0 fully saturated rings. The predicted octanol–water partition coefficient (Wildman–Crippen LogP) is 8.88. The Morgan fingerprint density at radius 2 is 1.36 bits per heavy atom. The number of benzene rings is 3. The van der Waals surface area contributed by atoms with Gasteiger partial charge in [0.15, 0.2) is 5.78 Å². The van der Waals surface area contributed by atoms with Crippen molar-refractivity contribution in [1.29, 1.82) is 0 Å². The summed E-state index contributed by atoms with van der Waals surface area (Å²) in [6.07, 6.45) is 3.72. The van der Waals surface area contributed by atoms with Crippen LogP contribution in [-0.2, 0) is 19.1 Å². The molecule has 47 heavy (non-hydrogen) atoms. The van der Waals surface area contributed by atoms with Gasteiger partial charge in [-0.05, 0) is 108 Å². The first-order valence-electron chi connectivity index (χ1n) is 15.8. The van der Waals surface area contributed by atoms with Crippen LogP contribution in [0.15, 0.2) is 94.9 Å². The molecule has 3 aromatic rings. The van der Waals surface area contributed by atoms with Crippen molar-refractivity contribution >= 4 is 40.9 Å². The van der Waals surface area contributed by atoms with Gasteiger partial charge in [0.1, 0.15) is 0 Å². The Kier molecular flexibility index (Phi) is 12.4. The van der Waals surface area contributed by atoms with Crippen LogP contribution in [0.1, 0.15) is 80.4 Å². The lowest BCUT2D eigenvalue weighted by molar-refractivity contribution is 0.0601. The van der Waals surface area contributed by atoms with Gasteiger partial charge in [0, 0.05) is 34.1 Å². The SMILES string of the molecule is CCOC(=O)ON=C(C)c1ccc(N(C2=CCCC(C(C)=NOC(=O)OCC)CC2)c2ccc(C(=O)c3cccc(C)c3)cc2)cc1. The van der Waals surface area contributed by atoms with E-state index in [0.717, 1.165) is 59.6 Å². The predicted molar refractivity (Wildman–Crippen MR) is 181 cm³/mol. The van der Waals surface area contributed by atoms with Crippen LogP contribution in [0.5, 0.6) is 0 Å². The van der Waals surface area contributed by atoms with Crippen molar-refractivity contribution in [3.05, 3.63) is 107 Å². The second-order valence-electron chi connectivity index (χ2n) is 11.1. The molecule has 0 saturated carbocycles. The summed E-state index contributed by atoms with van der Waals surface area (Å²) in [5.74, 6) is 0.0854. The van der Waals surface area contributed by atoms with E-state index in [9.17, 15) is 14.4 Å². The minimum atomic E-state index is -0.856. The molecule has 0 aromatic heterocycles. The normalized spacial score (nSPS) is 15.2. The molecule has 3 aromatic carbocycles. The molecule has 10 nitrogen and oxygen atoms in total. The van der Waals surface area contributed by atoms with E-state index in [1.807, 2.05) is 86.6 Å². The molecule has 1 aliphatic rings. The number of hydrogen-bond donors (Lipinski definition) is 0. The highest BCUT2D eigenvalue weighted by molar-refractivity contribution is 6.09. The third kappa shape index (κ3) is 9.62. The Labute approximate surface area is 275 Å². The topological polar surface area (TPSA) is 116 Å². The molecule has 246 valence electrons. The van der Waals surface area contributed by atoms with Gasteiger partial charge in [0.05, 0.1) is 24.6 Å². The monoisotopic (exact) mass is 639 g/mol. The van der Waals surface area contributed by atoms with E-state index in [1.54, 1.807) is 20.8 Å². The number of anilines is 2. The van der Waals surface area contributed by atoms with Crippen LogP contribution in [0.4, 0.5) is 21.0 Å². The zero-order valence-electron chi connectivity index (χ0n) is 27.5. The van der Waals surface area contributed by atoms with Gasteiger partial charge >= 0.3 is 12.3 Å². The van der Waals surface area contributed by atoms with Crippen LogP contribution < -0.4 is 4.90 Å². The summed E-state index contributed by atoms with van der Waals surface area (Å²) in [7, 11) is 0. The van der Waals surface area contributed by atoms with Gasteiger partial charge in [0.25, 0.3) is 0 Å². The summed E-state index contributed by atoms with van der Waals surface area (Å²) in [6.45, 7) is 9.40. The molecule has 0 N–H and O–H groups in total. The summed E-state index contributed by atoms with van der Waals surface area (Å²) in [6, 6.07) is 23.0. The van der Waals surface area contributed by atoms with Crippen LogP contribution in [0.25, 0.3) is 0 Å². The number of carbonyl (C=O) groups is 3. The molecule has 0 aliphatic heterocycles. The average molecular weight is 640 g/mol. The van der Waals surface area contributed by atoms with Gasteiger partial charge in [-0.2, -0.15) is 0 Å². The first-order chi connectivity index (χ1) is 22.7. The van der Waals surface area contributed by atoms with Crippen LogP contribution >= 0.6 is 0 Å². The lowest BCUT2D eigenvalue weighted by Crippen LogP contribution is -2.18. The molecule has 1 unspecified atom stereocenters. The molecule has 0 radical (unpaired) electrons. The quantitative estimate of drug-likeness (QED) is 0.0671. The maximum Gasteiger partial charge on any atom is 0.535 e. The Morgan fingerprint density at radius 3 is 1.96 bits per heavy atom. The number of ketones is 1. The van der Waals surface area contributed by atoms with E-state index in [1.165, 1.54) is 0 Å². The molecule has 10 heteroatoms. The number of nitrogens with zero attached hydrogens (tertiary/aromatic N) is 3. The van der Waals surface area contributed by atoms with E-state index < -0.39 is 12.3 Å². The van der Waals surface area contributed by atoms with E-state index in [-0.39, 0.29) is 24.9 Å². The molecular formula is C37H41N3O7. The maximum absolute atomic E-state index is 13.2. The number of hydrogen-bond acceptors (Lipinski definition) is 10. The molecule has 1 aliphatic carbocycles. The fourth-order valence-electron chi connectivity index (χ4n) is 5.32. The summed E-state index contributed by atoms with van der Waals surface area (Å²) >= 11 is 0. The van der Waals surface area contributed by atoms with Crippen molar-refractivity contribution in [2.24, 2.45) is 16.2 Å². The fraction of sp³-hybridized carbons (Fsp3) is 0.324. The molecule has 0 spiro atoms.